The lowest BCUT2D eigenvalue weighted by Gasteiger charge is -2.10. The van der Waals surface area contributed by atoms with Gasteiger partial charge in [-0.15, -0.1) is 0 Å². The predicted molar refractivity (Wildman–Crippen MR) is 53.2 cm³/mol. The van der Waals surface area contributed by atoms with Crippen molar-refractivity contribution in [3.63, 3.8) is 0 Å². The van der Waals surface area contributed by atoms with E-state index in [-0.39, 0.29) is 0 Å². The molecule has 2 heteroatoms. The molecular formula is C11H14N2. The van der Waals surface area contributed by atoms with Gasteiger partial charge in [0.1, 0.15) is 6.04 Å². The summed E-state index contributed by atoms with van der Waals surface area (Å²) in [7, 11) is 0. The van der Waals surface area contributed by atoms with Crippen LogP contribution in [0.1, 0.15) is 28.3 Å². The van der Waals surface area contributed by atoms with Crippen LogP contribution in [0, 0.1) is 32.1 Å². The molecule has 0 aromatic heterocycles. The molecule has 1 aromatic carbocycles. The van der Waals surface area contributed by atoms with Crippen LogP contribution < -0.4 is 5.73 Å². The fraction of sp³-hybridized carbons (Fsp3) is 0.364. The van der Waals surface area contributed by atoms with Crippen LogP contribution in [-0.2, 0) is 0 Å². The summed E-state index contributed by atoms with van der Waals surface area (Å²) < 4.78 is 0. The van der Waals surface area contributed by atoms with E-state index >= 15 is 0 Å². The van der Waals surface area contributed by atoms with E-state index in [0.717, 1.165) is 11.1 Å². The summed E-state index contributed by atoms with van der Waals surface area (Å²) in [6, 6.07) is 5.62. The molecule has 68 valence electrons. The second-order valence-corrected chi connectivity index (χ2v) is 3.40. The third-order valence-electron chi connectivity index (χ3n) is 2.36. The molecule has 1 aromatic rings. The Balaban J connectivity index is 3.25. The number of nitrogens with two attached hydrogens (primary N) is 1. The average molecular weight is 174 g/mol. The molecule has 0 aliphatic heterocycles. The van der Waals surface area contributed by atoms with E-state index in [0.29, 0.717) is 0 Å². The van der Waals surface area contributed by atoms with Crippen molar-refractivity contribution in [1.82, 2.24) is 0 Å². The maximum Gasteiger partial charge on any atom is 0.119 e. The van der Waals surface area contributed by atoms with Crippen LogP contribution in [0.25, 0.3) is 0 Å². The summed E-state index contributed by atoms with van der Waals surface area (Å²) in [6.45, 7) is 6.07. The Labute approximate surface area is 79.0 Å². The molecule has 0 aliphatic carbocycles. The third-order valence-corrected chi connectivity index (χ3v) is 2.36. The van der Waals surface area contributed by atoms with E-state index in [1.54, 1.807) is 0 Å². The number of nitrogens with zero attached hydrogens (tertiary/aromatic N) is 1. The molecule has 0 saturated heterocycles. The number of aryl methyl sites for hydroxylation is 3. The second-order valence-electron chi connectivity index (χ2n) is 3.40. The van der Waals surface area contributed by atoms with E-state index in [2.05, 4.69) is 13.0 Å². The summed E-state index contributed by atoms with van der Waals surface area (Å²) in [4.78, 5) is 0. The van der Waals surface area contributed by atoms with Crippen molar-refractivity contribution in [2.45, 2.75) is 26.8 Å². The highest BCUT2D eigenvalue weighted by molar-refractivity contribution is 5.39. The molecule has 0 amide bonds. The Morgan fingerprint density at radius 2 is 1.69 bits per heavy atom. The van der Waals surface area contributed by atoms with Crippen molar-refractivity contribution in [3.8, 4) is 6.07 Å². The van der Waals surface area contributed by atoms with E-state index in [1.165, 1.54) is 11.1 Å². The lowest BCUT2D eigenvalue weighted by atomic mass is 9.97. The van der Waals surface area contributed by atoms with Gasteiger partial charge in [-0.2, -0.15) is 5.26 Å². The Bertz CT molecular complexity index is 361. The molecule has 0 unspecified atom stereocenters. The van der Waals surface area contributed by atoms with Gasteiger partial charge in [-0.25, -0.2) is 0 Å². The molecule has 0 aliphatic rings. The zero-order valence-corrected chi connectivity index (χ0v) is 8.26. The number of hydrogen-bond acceptors (Lipinski definition) is 2. The fourth-order valence-electron chi connectivity index (χ4n) is 1.39. The molecule has 0 radical (unpaired) electrons. The lowest BCUT2D eigenvalue weighted by Crippen LogP contribution is -2.09. The predicted octanol–water partition coefficient (Wildman–Crippen LogP) is 2.14. The first-order chi connectivity index (χ1) is 6.06. The molecule has 2 N–H and O–H groups in total. The monoisotopic (exact) mass is 174 g/mol. The molecule has 0 fully saturated rings. The molecule has 0 heterocycles. The van der Waals surface area contributed by atoms with E-state index in [1.807, 2.05) is 26.0 Å². The van der Waals surface area contributed by atoms with Crippen LogP contribution in [0.15, 0.2) is 12.1 Å². The molecule has 0 spiro atoms. The number of nitriles is 1. The summed E-state index contributed by atoms with van der Waals surface area (Å²) in [5, 5.41) is 8.70. The zero-order chi connectivity index (χ0) is 10.0. The summed E-state index contributed by atoms with van der Waals surface area (Å²) in [5.74, 6) is 0. The van der Waals surface area contributed by atoms with Gasteiger partial charge in [0.15, 0.2) is 0 Å². The number of rotatable bonds is 1. The second kappa shape index (κ2) is 3.59. The maximum atomic E-state index is 8.70. The summed E-state index contributed by atoms with van der Waals surface area (Å²) in [5.41, 5.74) is 10.1. The van der Waals surface area contributed by atoms with Crippen molar-refractivity contribution in [2.75, 3.05) is 0 Å². The van der Waals surface area contributed by atoms with Gasteiger partial charge in [-0.1, -0.05) is 12.1 Å². The summed E-state index contributed by atoms with van der Waals surface area (Å²) >= 11 is 0. The quantitative estimate of drug-likeness (QED) is 0.709. The Hall–Kier alpha value is -1.33. The molecular weight excluding hydrogens is 160 g/mol. The van der Waals surface area contributed by atoms with E-state index in [4.69, 9.17) is 11.0 Å². The van der Waals surface area contributed by atoms with Gasteiger partial charge in [0, 0.05) is 0 Å². The van der Waals surface area contributed by atoms with E-state index < -0.39 is 6.04 Å². The Kier molecular flexibility index (Phi) is 2.69. The molecule has 0 bridgehead atoms. The van der Waals surface area contributed by atoms with Gasteiger partial charge in [0.2, 0.25) is 0 Å². The number of benzene rings is 1. The Morgan fingerprint density at radius 1 is 1.15 bits per heavy atom. The third kappa shape index (κ3) is 1.88. The molecule has 0 saturated carbocycles. The average Bonchev–Trinajstić information content (AvgIpc) is 2.10. The van der Waals surface area contributed by atoms with Crippen LogP contribution in [0.5, 0.6) is 0 Å². The van der Waals surface area contributed by atoms with Gasteiger partial charge in [0.25, 0.3) is 0 Å². The van der Waals surface area contributed by atoms with Crippen LogP contribution in [0.4, 0.5) is 0 Å². The minimum absolute atomic E-state index is 0.501. The first kappa shape index (κ1) is 9.76. The van der Waals surface area contributed by atoms with Crippen molar-refractivity contribution in [3.05, 3.63) is 34.4 Å². The molecule has 1 rings (SSSR count). The van der Waals surface area contributed by atoms with Crippen molar-refractivity contribution in [1.29, 1.82) is 5.26 Å². The minimum atomic E-state index is -0.501. The fourth-order valence-corrected chi connectivity index (χ4v) is 1.39. The largest absolute Gasteiger partial charge is 0.312 e. The van der Waals surface area contributed by atoms with Gasteiger partial charge in [0.05, 0.1) is 6.07 Å². The van der Waals surface area contributed by atoms with Crippen molar-refractivity contribution in [2.24, 2.45) is 5.73 Å². The molecule has 2 nitrogen and oxygen atoms in total. The molecule has 13 heavy (non-hydrogen) atoms. The standard InChI is InChI=1S/C11H14N2/c1-7-4-9(3)10(5-8(7)2)11(13)6-12/h4-5,11H,13H2,1-3H3/t11-/m1/s1. The number of hydrogen-bond donors (Lipinski definition) is 1. The van der Waals surface area contributed by atoms with Crippen LogP contribution >= 0.6 is 0 Å². The van der Waals surface area contributed by atoms with Gasteiger partial charge < -0.3 is 5.73 Å². The van der Waals surface area contributed by atoms with Crippen molar-refractivity contribution < 1.29 is 0 Å². The van der Waals surface area contributed by atoms with Crippen molar-refractivity contribution >= 4 is 0 Å². The first-order valence-electron chi connectivity index (χ1n) is 4.29. The highest BCUT2D eigenvalue weighted by Crippen LogP contribution is 2.19. The summed E-state index contributed by atoms with van der Waals surface area (Å²) in [6.07, 6.45) is 0. The zero-order valence-electron chi connectivity index (χ0n) is 8.26. The highest BCUT2D eigenvalue weighted by atomic mass is 14.6. The lowest BCUT2D eigenvalue weighted by molar-refractivity contribution is 0.909. The highest BCUT2D eigenvalue weighted by Gasteiger charge is 2.08. The van der Waals surface area contributed by atoms with Gasteiger partial charge in [-0.05, 0) is 43.0 Å². The molecule has 1 atom stereocenters. The van der Waals surface area contributed by atoms with E-state index in [9.17, 15) is 0 Å². The van der Waals surface area contributed by atoms with Gasteiger partial charge >= 0.3 is 0 Å². The van der Waals surface area contributed by atoms with Crippen LogP contribution in [-0.4, -0.2) is 0 Å². The topological polar surface area (TPSA) is 49.8 Å². The first-order valence-corrected chi connectivity index (χ1v) is 4.29. The minimum Gasteiger partial charge on any atom is -0.312 e. The van der Waals surface area contributed by atoms with Crippen LogP contribution in [0.3, 0.4) is 0 Å². The maximum absolute atomic E-state index is 8.70. The van der Waals surface area contributed by atoms with Gasteiger partial charge in [-0.3, -0.25) is 0 Å². The van der Waals surface area contributed by atoms with Crippen LogP contribution in [0.2, 0.25) is 0 Å². The normalized spacial score (nSPS) is 12.2. The smallest absolute Gasteiger partial charge is 0.119 e. The SMILES string of the molecule is Cc1cc(C)c([C@H](N)C#N)cc1C. The Morgan fingerprint density at radius 3 is 2.23 bits per heavy atom.